The number of anilines is 2. The van der Waals surface area contributed by atoms with Crippen LogP contribution in [-0.2, 0) is 0 Å². The van der Waals surface area contributed by atoms with E-state index in [1.807, 2.05) is 6.07 Å². The summed E-state index contributed by atoms with van der Waals surface area (Å²) in [7, 11) is 0. The van der Waals surface area contributed by atoms with E-state index in [1.165, 1.54) is 37.2 Å². The van der Waals surface area contributed by atoms with E-state index in [0.29, 0.717) is 5.41 Å². The molecule has 2 N–H and O–H groups in total. The summed E-state index contributed by atoms with van der Waals surface area (Å²) in [5.74, 6) is 0.851. The van der Waals surface area contributed by atoms with E-state index in [9.17, 15) is 0 Å². The van der Waals surface area contributed by atoms with Gasteiger partial charge in [0, 0.05) is 24.5 Å². The zero-order valence-electron chi connectivity index (χ0n) is 12.2. The van der Waals surface area contributed by atoms with E-state index in [0.717, 1.165) is 11.6 Å². The van der Waals surface area contributed by atoms with Crippen molar-refractivity contribution in [3.63, 3.8) is 0 Å². The van der Waals surface area contributed by atoms with Crippen molar-refractivity contribution < 1.29 is 0 Å². The quantitative estimate of drug-likeness (QED) is 0.763. The molecule has 2 rings (SSSR count). The zero-order chi connectivity index (χ0) is 13.3. The maximum Gasteiger partial charge on any atom is 0.0370 e. The number of benzene rings is 1. The van der Waals surface area contributed by atoms with Gasteiger partial charge in [-0.05, 0) is 54.9 Å². The van der Waals surface area contributed by atoms with Crippen LogP contribution in [0.2, 0.25) is 0 Å². The van der Waals surface area contributed by atoms with Crippen LogP contribution in [0.3, 0.4) is 0 Å². The van der Waals surface area contributed by atoms with E-state index < -0.39 is 0 Å². The van der Waals surface area contributed by atoms with Crippen LogP contribution >= 0.6 is 0 Å². The fraction of sp³-hybridized carbons (Fsp3) is 0.625. The number of hydrogen-bond acceptors (Lipinski definition) is 2. The van der Waals surface area contributed by atoms with Gasteiger partial charge >= 0.3 is 0 Å². The number of nitrogens with two attached hydrogens (primary N) is 1. The lowest BCUT2D eigenvalue weighted by atomic mass is 9.75. The maximum atomic E-state index is 5.88. The van der Waals surface area contributed by atoms with Crippen molar-refractivity contribution in [3.05, 3.63) is 23.8 Å². The predicted octanol–water partition coefficient (Wildman–Crippen LogP) is 3.84. The average Bonchev–Trinajstić information content (AvgIpc) is 2.32. The SMILES string of the molecule is Cc1cc(N2CCC(C(C)(C)C)CC2)ccc1N. The second kappa shape index (κ2) is 4.83. The highest BCUT2D eigenvalue weighted by Crippen LogP contribution is 2.35. The first kappa shape index (κ1) is 13.3. The van der Waals surface area contributed by atoms with E-state index >= 15 is 0 Å². The second-order valence-corrected chi connectivity index (χ2v) is 6.67. The Morgan fingerprint density at radius 2 is 1.78 bits per heavy atom. The fourth-order valence-corrected chi connectivity index (χ4v) is 2.86. The highest BCUT2D eigenvalue weighted by molar-refractivity contribution is 5.58. The molecule has 0 bridgehead atoms. The lowest BCUT2D eigenvalue weighted by Crippen LogP contribution is -2.38. The van der Waals surface area contributed by atoms with Gasteiger partial charge in [0.1, 0.15) is 0 Å². The summed E-state index contributed by atoms with van der Waals surface area (Å²) in [6.07, 6.45) is 2.60. The molecule has 0 unspecified atom stereocenters. The molecule has 0 aliphatic carbocycles. The van der Waals surface area contributed by atoms with Gasteiger partial charge in [0.15, 0.2) is 0 Å². The van der Waals surface area contributed by atoms with Gasteiger partial charge in [0.25, 0.3) is 0 Å². The number of piperidine rings is 1. The summed E-state index contributed by atoms with van der Waals surface area (Å²) < 4.78 is 0. The first-order valence-electron chi connectivity index (χ1n) is 6.99. The number of rotatable bonds is 1. The Morgan fingerprint density at radius 3 is 2.28 bits per heavy atom. The Bertz CT molecular complexity index is 410. The largest absolute Gasteiger partial charge is 0.399 e. The minimum Gasteiger partial charge on any atom is -0.399 e. The Labute approximate surface area is 111 Å². The van der Waals surface area contributed by atoms with Gasteiger partial charge in [-0.1, -0.05) is 20.8 Å². The summed E-state index contributed by atoms with van der Waals surface area (Å²) in [6.45, 7) is 11.5. The molecular weight excluding hydrogens is 220 g/mol. The van der Waals surface area contributed by atoms with Crippen molar-refractivity contribution in [2.24, 2.45) is 11.3 Å². The Hall–Kier alpha value is -1.18. The molecule has 0 aromatic heterocycles. The summed E-state index contributed by atoms with van der Waals surface area (Å²) in [5.41, 5.74) is 9.73. The van der Waals surface area contributed by atoms with Crippen molar-refractivity contribution in [3.8, 4) is 0 Å². The van der Waals surface area contributed by atoms with Crippen molar-refractivity contribution >= 4 is 11.4 Å². The third kappa shape index (κ3) is 2.80. The molecule has 1 fully saturated rings. The van der Waals surface area contributed by atoms with Crippen LogP contribution < -0.4 is 10.6 Å². The average molecular weight is 246 g/mol. The Morgan fingerprint density at radius 1 is 1.17 bits per heavy atom. The fourth-order valence-electron chi connectivity index (χ4n) is 2.86. The van der Waals surface area contributed by atoms with Gasteiger partial charge in [-0.15, -0.1) is 0 Å². The standard InChI is InChI=1S/C16H26N2/c1-12-11-14(5-6-15(12)17)18-9-7-13(8-10-18)16(2,3)4/h5-6,11,13H,7-10,17H2,1-4H3. The van der Waals surface area contributed by atoms with Crippen LogP contribution in [0, 0.1) is 18.3 Å². The van der Waals surface area contributed by atoms with E-state index in [-0.39, 0.29) is 0 Å². The topological polar surface area (TPSA) is 29.3 Å². The number of nitrogen functional groups attached to an aromatic ring is 1. The van der Waals surface area contributed by atoms with Crippen LogP contribution in [0.1, 0.15) is 39.2 Å². The molecule has 1 heterocycles. The highest BCUT2D eigenvalue weighted by Gasteiger charge is 2.28. The normalized spacial score (nSPS) is 18.1. The van der Waals surface area contributed by atoms with Gasteiger partial charge in [0.2, 0.25) is 0 Å². The number of aryl methyl sites for hydroxylation is 1. The molecule has 1 aromatic carbocycles. The molecule has 0 atom stereocenters. The molecule has 100 valence electrons. The first-order chi connectivity index (χ1) is 8.38. The lowest BCUT2D eigenvalue weighted by molar-refractivity contribution is 0.199. The predicted molar refractivity (Wildman–Crippen MR) is 80.0 cm³/mol. The minimum absolute atomic E-state index is 0.448. The van der Waals surface area contributed by atoms with E-state index in [2.05, 4.69) is 44.7 Å². The van der Waals surface area contributed by atoms with Gasteiger partial charge in [-0.3, -0.25) is 0 Å². The summed E-state index contributed by atoms with van der Waals surface area (Å²) in [4.78, 5) is 2.49. The summed E-state index contributed by atoms with van der Waals surface area (Å²) in [5, 5.41) is 0. The molecule has 0 radical (unpaired) electrons. The molecular formula is C16H26N2. The molecule has 1 aromatic rings. The minimum atomic E-state index is 0.448. The van der Waals surface area contributed by atoms with Crippen LogP contribution in [0.5, 0.6) is 0 Å². The third-order valence-electron chi connectivity index (χ3n) is 4.34. The molecule has 0 saturated carbocycles. The molecule has 1 aliphatic heterocycles. The first-order valence-corrected chi connectivity index (χ1v) is 6.99. The number of nitrogens with zero attached hydrogens (tertiary/aromatic N) is 1. The van der Waals surface area contributed by atoms with Crippen LogP contribution in [0.15, 0.2) is 18.2 Å². The molecule has 0 spiro atoms. The molecule has 0 amide bonds. The number of hydrogen-bond donors (Lipinski definition) is 1. The van der Waals surface area contributed by atoms with Gasteiger partial charge < -0.3 is 10.6 Å². The van der Waals surface area contributed by atoms with Gasteiger partial charge in [-0.25, -0.2) is 0 Å². The molecule has 1 saturated heterocycles. The van der Waals surface area contributed by atoms with Crippen LogP contribution in [0.4, 0.5) is 11.4 Å². The van der Waals surface area contributed by atoms with Crippen molar-refractivity contribution in [2.75, 3.05) is 23.7 Å². The monoisotopic (exact) mass is 246 g/mol. The van der Waals surface area contributed by atoms with Crippen LogP contribution in [-0.4, -0.2) is 13.1 Å². The second-order valence-electron chi connectivity index (χ2n) is 6.67. The third-order valence-corrected chi connectivity index (χ3v) is 4.34. The molecule has 18 heavy (non-hydrogen) atoms. The molecule has 2 nitrogen and oxygen atoms in total. The maximum absolute atomic E-state index is 5.88. The Balaban J connectivity index is 2.03. The van der Waals surface area contributed by atoms with Crippen LogP contribution in [0.25, 0.3) is 0 Å². The zero-order valence-corrected chi connectivity index (χ0v) is 12.2. The Kier molecular flexibility index (Phi) is 3.56. The van der Waals surface area contributed by atoms with Crippen molar-refractivity contribution in [1.82, 2.24) is 0 Å². The van der Waals surface area contributed by atoms with E-state index in [4.69, 9.17) is 5.73 Å². The van der Waals surface area contributed by atoms with E-state index in [1.54, 1.807) is 0 Å². The van der Waals surface area contributed by atoms with Crippen molar-refractivity contribution in [2.45, 2.75) is 40.5 Å². The molecule has 1 aliphatic rings. The molecule has 2 heteroatoms. The smallest absolute Gasteiger partial charge is 0.0370 e. The highest BCUT2D eigenvalue weighted by atomic mass is 15.1. The summed E-state index contributed by atoms with van der Waals surface area (Å²) in [6, 6.07) is 6.40. The van der Waals surface area contributed by atoms with Gasteiger partial charge in [0.05, 0.1) is 0 Å². The lowest BCUT2D eigenvalue weighted by Gasteiger charge is -2.39. The summed E-state index contributed by atoms with van der Waals surface area (Å²) >= 11 is 0. The van der Waals surface area contributed by atoms with Crippen molar-refractivity contribution in [1.29, 1.82) is 0 Å². The van der Waals surface area contributed by atoms with Gasteiger partial charge in [-0.2, -0.15) is 0 Å².